The minimum Gasteiger partial charge on any atom is -0.472 e. The van der Waals surface area contributed by atoms with Crippen LogP contribution in [0, 0.1) is 0 Å². The van der Waals surface area contributed by atoms with Gasteiger partial charge in [0, 0.05) is 47.7 Å². The Kier molecular flexibility index (Phi) is 4.32. The normalized spacial score (nSPS) is 24.3. The first-order valence-corrected chi connectivity index (χ1v) is 10.6. The molecule has 29 heavy (non-hydrogen) atoms. The molecule has 152 valence electrons. The number of fused-ring (bicyclic) bond motifs is 2. The molecule has 1 saturated heterocycles. The summed E-state index contributed by atoms with van der Waals surface area (Å²) in [6.07, 6.45) is 6.36. The Morgan fingerprint density at radius 1 is 1.21 bits per heavy atom. The van der Waals surface area contributed by atoms with Crippen LogP contribution in [0.4, 0.5) is 5.69 Å². The monoisotopic (exact) mass is 390 g/mol. The predicted molar refractivity (Wildman–Crippen MR) is 118 cm³/mol. The summed E-state index contributed by atoms with van der Waals surface area (Å²) in [5, 5.41) is 5.17. The van der Waals surface area contributed by atoms with Crippen LogP contribution in [0.15, 0.2) is 42.7 Å². The molecule has 5 nitrogen and oxygen atoms in total. The third kappa shape index (κ3) is 3.48. The first-order chi connectivity index (χ1) is 13.9. The lowest BCUT2D eigenvalue weighted by molar-refractivity contribution is 0.124. The highest BCUT2D eigenvalue weighted by Gasteiger charge is 2.39. The fraction of sp³-hybridized carbons (Fsp3) is 0.458. The fourth-order valence-electron chi connectivity index (χ4n) is 5.12. The Morgan fingerprint density at radius 3 is 2.83 bits per heavy atom. The van der Waals surface area contributed by atoms with Crippen LogP contribution in [0.1, 0.15) is 44.2 Å². The van der Waals surface area contributed by atoms with Gasteiger partial charge in [-0.3, -0.25) is 0 Å². The minimum atomic E-state index is -0.234. The minimum absolute atomic E-state index is 0.234. The molecule has 3 heterocycles. The Morgan fingerprint density at radius 2 is 2.07 bits per heavy atom. The quantitative estimate of drug-likeness (QED) is 0.688. The van der Waals surface area contributed by atoms with E-state index in [1.54, 1.807) is 0 Å². The van der Waals surface area contributed by atoms with Crippen LogP contribution in [0.3, 0.4) is 0 Å². The molecule has 5 rings (SSSR count). The number of pyridine rings is 1. The Bertz CT molecular complexity index is 1020. The third-order valence-electron chi connectivity index (χ3n) is 6.24. The Balaban J connectivity index is 1.35. The van der Waals surface area contributed by atoms with Crippen molar-refractivity contribution in [2.75, 3.05) is 18.9 Å². The Labute approximate surface area is 172 Å². The van der Waals surface area contributed by atoms with E-state index in [1.807, 2.05) is 33.0 Å². The summed E-state index contributed by atoms with van der Waals surface area (Å²) in [7, 11) is 2.27. The number of aromatic nitrogens is 2. The van der Waals surface area contributed by atoms with Gasteiger partial charge >= 0.3 is 0 Å². The van der Waals surface area contributed by atoms with E-state index in [-0.39, 0.29) is 5.60 Å². The maximum atomic E-state index is 5.84. The van der Waals surface area contributed by atoms with Gasteiger partial charge in [0.05, 0.1) is 11.9 Å². The first kappa shape index (κ1) is 18.5. The van der Waals surface area contributed by atoms with Crippen LogP contribution in [0.5, 0.6) is 5.88 Å². The molecule has 0 radical (unpaired) electrons. The highest BCUT2D eigenvalue weighted by Crippen LogP contribution is 2.43. The highest BCUT2D eigenvalue weighted by atomic mass is 16.5. The summed E-state index contributed by atoms with van der Waals surface area (Å²) in [6, 6.07) is 11.7. The molecule has 0 bridgehead atoms. The first-order valence-electron chi connectivity index (χ1n) is 10.6. The van der Waals surface area contributed by atoms with Crippen LogP contribution in [-0.4, -0.2) is 46.1 Å². The third-order valence-corrected chi connectivity index (χ3v) is 6.24. The van der Waals surface area contributed by atoms with Gasteiger partial charge in [0.1, 0.15) is 5.60 Å². The van der Waals surface area contributed by atoms with Crippen molar-refractivity contribution >= 4 is 16.6 Å². The molecule has 2 N–H and O–H groups in total. The lowest BCUT2D eigenvalue weighted by atomic mass is 9.74. The van der Waals surface area contributed by atoms with E-state index in [1.165, 1.54) is 22.0 Å². The molecule has 1 fully saturated rings. The number of H-pyrrole nitrogens is 1. The van der Waals surface area contributed by atoms with Crippen LogP contribution in [0.25, 0.3) is 10.9 Å². The molecule has 3 aromatic rings. The average molecular weight is 391 g/mol. The van der Waals surface area contributed by atoms with Gasteiger partial charge in [-0.2, -0.15) is 0 Å². The smallest absolute Gasteiger partial charge is 0.213 e. The second-order valence-electron chi connectivity index (χ2n) is 9.58. The number of aromatic amines is 1. The Hall–Kier alpha value is -2.53. The van der Waals surface area contributed by atoms with Gasteiger partial charge in [-0.25, -0.2) is 4.98 Å². The van der Waals surface area contributed by atoms with E-state index in [9.17, 15) is 0 Å². The van der Waals surface area contributed by atoms with Crippen LogP contribution in [0.2, 0.25) is 0 Å². The summed E-state index contributed by atoms with van der Waals surface area (Å²) in [5.74, 6) is 1.22. The van der Waals surface area contributed by atoms with Crippen LogP contribution in [-0.2, 0) is 6.42 Å². The predicted octanol–water partition coefficient (Wildman–Crippen LogP) is 4.56. The number of likely N-dealkylation sites (N-methyl/N-ethyl adjacent to an activating group) is 1. The summed E-state index contributed by atoms with van der Waals surface area (Å²) in [4.78, 5) is 10.5. The number of nitrogens with zero attached hydrogens (tertiary/aromatic N) is 2. The van der Waals surface area contributed by atoms with Gasteiger partial charge in [-0.15, -0.1) is 0 Å². The van der Waals surface area contributed by atoms with Crippen molar-refractivity contribution < 1.29 is 4.74 Å². The van der Waals surface area contributed by atoms with E-state index >= 15 is 0 Å². The molecule has 2 aromatic heterocycles. The zero-order valence-corrected chi connectivity index (χ0v) is 17.7. The molecule has 2 aliphatic rings. The van der Waals surface area contributed by atoms with Crippen molar-refractivity contribution in [2.24, 2.45) is 0 Å². The molecule has 5 heteroatoms. The molecule has 0 amide bonds. The average Bonchev–Trinajstić information content (AvgIpc) is 3.08. The molecule has 1 unspecified atom stereocenters. The molecule has 1 aromatic carbocycles. The van der Waals surface area contributed by atoms with Crippen molar-refractivity contribution in [3.05, 3.63) is 53.9 Å². The standard InChI is InChI=1S/C24H30N4O/c1-24(2,3)29-22-9-8-16(13-26-22)27-17-11-19-18-6-5-7-20-23(18)15(12-25-20)10-21(19)28(4)14-17/h5-9,12-13,17,19,21,25,27H,10-11,14H2,1-4H3/t17-,19?,21+/m0/s1. The number of nitrogens with one attached hydrogen (secondary N) is 2. The molecule has 3 atom stereocenters. The van der Waals surface area contributed by atoms with E-state index in [0.717, 1.165) is 25.1 Å². The number of hydrogen-bond donors (Lipinski definition) is 2. The van der Waals surface area contributed by atoms with Crippen molar-refractivity contribution in [1.29, 1.82) is 0 Å². The van der Waals surface area contributed by atoms with Crippen LogP contribution >= 0.6 is 0 Å². The summed E-state index contributed by atoms with van der Waals surface area (Å²) in [5.41, 5.74) is 5.06. The maximum Gasteiger partial charge on any atom is 0.213 e. The van der Waals surface area contributed by atoms with Gasteiger partial charge < -0.3 is 19.9 Å². The number of benzene rings is 1. The SMILES string of the molecule is CN1C[C@@H](Nc2ccc(OC(C)(C)C)nc2)CC2c3cccc4[nH]cc(c34)C[C@H]21. The number of rotatable bonds is 3. The lowest BCUT2D eigenvalue weighted by Crippen LogP contribution is -2.51. The molecular weight excluding hydrogens is 360 g/mol. The number of ether oxygens (including phenoxy) is 1. The highest BCUT2D eigenvalue weighted by molar-refractivity contribution is 5.88. The van der Waals surface area contributed by atoms with Gasteiger partial charge in [0.2, 0.25) is 5.88 Å². The van der Waals surface area contributed by atoms with E-state index < -0.39 is 0 Å². The zero-order valence-electron chi connectivity index (χ0n) is 17.7. The molecule has 0 spiro atoms. The molecule has 1 aliphatic carbocycles. The second-order valence-corrected chi connectivity index (χ2v) is 9.58. The van der Waals surface area contributed by atoms with Crippen molar-refractivity contribution in [2.45, 2.75) is 57.2 Å². The molecule has 1 aliphatic heterocycles. The van der Waals surface area contributed by atoms with Gasteiger partial charge in [-0.05, 0) is 63.9 Å². The zero-order chi connectivity index (χ0) is 20.2. The number of likely N-dealkylation sites (tertiary alicyclic amines) is 1. The molecule has 0 saturated carbocycles. The van der Waals surface area contributed by atoms with Gasteiger partial charge in [-0.1, -0.05) is 12.1 Å². The van der Waals surface area contributed by atoms with E-state index in [2.05, 4.69) is 57.7 Å². The largest absolute Gasteiger partial charge is 0.472 e. The number of hydrogen-bond acceptors (Lipinski definition) is 4. The number of anilines is 1. The van der Waals surface area contributed by atoms with Gasteiger partial charge in [0.25, 0.3) is 0 Å². The second kappa shape index (κ2) is 6.77. The fourth-order valence-corrected chi connectivity index (χ4v) is 5.12. The van der Waals surface area contributed by atoms with E-state index in [0.29, 0.717) is 23.9 Å². The summed E-state index contributed by atoms with van der Waals surface area (Å²) < 4.78 is 5.84. The topological polar surface area (TPSA) is 53.2 Å². The lowest BCUT2D eigenvalue weighted by Gasteiger charge is -2.45. The van der Waals surface area contributed by atoms with E-state index in [4.69, 9.17) is 4.74 Å². The van der Waals surface area contributed by atoms with Crippen molar-refractivity contribution in [1.82, 2.24) is 14.9 Å². The maximum absolute atomic E-state index is 5.84. The number of piperidine rings is 1. The van der Waals surface area contributed by atoms with Crippen LogP contribution < -0.4 is 10.1 Å². The molecular formula is C24H30N4O. The summed E-state index contributed by atoms with van der Waals surface area (Å²) >= 11 is 0. The van der Waals surface area contributed by atoms with Gasteiger partial charge in [0.15, 0.2) is 0 Å². The van der Waals surface area contributed by atoms with Crippen molar-refractivity contribution in [3.8, 4) is 5.88 Å². The van der Waals surface area contributed by atoms with Crippen molar-refractivity contribution in [3.63, 3.8) is 0 Å². The summed E-state index contributed by atoms with van der Waals surface area (Å²) in [6.45, 7) is 7.15.